The van der Waals surface area contributed by atoms with Crippen molar-refractivity contribution in [2.45, 2.75) is 0 Å². The number of allylic oxidation sites excluding steroid dienone is 2. The summed E-state index contributed by atoms with van der Waals surface area (Å²) in [6.45, 7) is 0.930. The van der Waals surface area contributed by atoms with E-state index in [9.17, 15) is 0 Å². The third kappa shape index (κ3) is 4.22. The van der Waals surface area contributed by atoms with E-state index in [1.807, 2.05) is 24.3 Å². The van der Waals surface area contributed by atoms with Crippen molar-refractivity contribution >= 4 is 23.9 Å². The average molecular weight is 266 g/mol. The molecule has 1 aromatic rings. The molecule has 1 nitrogen and oxygen atoms in total. The first-order chi connectivity index (χ1) is 7.88. The van der Waals surface area contributed by atoms with Crippen molar-refractivity contribution in [3.8, 4) is 0 Å². The van der Waals surface area contributed by atoms with Gasteiger partial charge in [0, 0.05) is 17.2 Å². The number of hydrogen-bond donors (Lipinski definition) is 0. The van der Waals surface area contributed by atoms with Crippen molar-refractivity contribution in [2.75, 3.05) is 6.54 Å². The second-order valence-electron chi connectivity index (χ2n) is 3.55. The van der Waals surface area contributed by atoms with Crippen LogP contribution in [0.5, 0.6) is 0 Å². The van der Waals surface area contributed by atoms with Crippen molar-refractivity contribution in [3.05, 3.63) is 65.4 Å². The van der Waals surface area contributed by atoms with Gasteiger partial charge in [0.15, 0.2) is 19.0 Å². The van der Waals surface area contributed by atoms with Gasteiger partial charge in [-0.3, -0.25) is 0 Å². The lowest BCUT2D eigenvalue weighted by atomic mass is 10.1. The first kappa shape index (κ1) is 13.8. The van der Waals surface area contributed by atoms with Gasteiger partial charge < -0.3 is 12.4 Å². The Morgan fingerprint density at radius 2 is 1.76 bits per heavy atom. The van der Waals surface area contributed by atoms with Gasteiger partial charge in [-0.1, -0.05) is 29.8 Å². The fourth-order valence-electron chi connectivity index (χ4n) is 1.54. The maximum atomic E-state index is 5.52. The van der Waals surface area contributed by atoms with E-state index >= 15 is 0 Å². The van der Waals surface area contributed by atoms with Crippen LogP contribution >= 0.6 is 11.6 Å². The number of halogens is 2. The van der Waals surface area contributed by atoms with E-state index in [0.717, 1.165) is 12.1 Å². The smallest absolute Gasteiger partial charge is 0.176 e. The largest absolute Gasteiger partial charge is 1.00 e. The molecule has 1 aromatic carbocycles. The summed E-state index contributed by atoms with van der Waals surface area (Å²) in [6.07, 6.45) is 12.3. The molecule has 1 aliphatic heterocycles. The Morgan fingerprint density at radius 3 is 2.35 bits per heavy atom. The second-order valence-corrected chi connectivity index (χ2v) is 3.81. The summed E-state index contributed by atoms with van der Waals surface area (Å²) in [5.41, 5.74) is 3.82. The van der Waals surface area contributed by atoms with Crippen LogP contribution in [0.1, 0.15) is 11.1 Å². The number of nitrogens with zero attached hydrogens (tertiary/aromatic N) is 1. The molecule has 0 aromatic heterocycles. The summed E-state index contributed by atoms with van der Waals surface area (Å²) in [5.74, 6) is 0. The van der Waals surface area contributed by atoms with Crippen LogP contribution < -0.4 is 12.4 Å². The maximum absolute atomic E-state index is 5.52. The zero-order valence-corrected chi connectivity index (χ0v) is 10.8. The fraction of sp³-hybridized carbons (Fsp3) is 0.0714. The Kier molecular flexibility index (Phi) is 5.75. The van der Waals surface area contributed by atoms with Crippen LogP contribution in [-0.2, 0) is 0 Å². The van der Waals surface area contributed by atoms with Gasteiger partial charge in [-0.25, -0.2) is 4.58 Å². The monoisotopic (exact) mass is 265 g/mol. The molecule has 2 rings (SSSR count). The summed E-state index contributed by atoms with van der Waals surface area (Å²) >= 11 is 5.52. The molecule has 3 heteroatoms. The molecule has 0 aliphatic carbocycles. The predicted molar refractivity (Wildman–Crippen MR) is 69.9 cm³/mol. The summed E-state index contributed by atoms with van der Waals surface area (Å²) in [5, 5.41) is 0. The van der Waals surface area contributed by atoms with E-state index in [4.69, 9.17) is 11.6 Å². The van der Waals surface area contributed by atoms with Gasteiger partial charge in [0.05, 0.1) is 0 Å². The molecule has 0 unspecified atom stereocenters. The van der Waals surface area contributed by atoms with Crippen LogP contribution in [0.3, 0.4) is 0 Å². The third-order valence-corrected chi connectivity index (χ3v) is 2.47. The Morgan fingerprint density at radius 1 is 1.06 bits per heavy atom. The van der Waals surface area contributed by atoms with Crippen molar-refractivity contribution in [1.29, 1.82) is 0 Å². The van der Waals surface area contributed by atoms with Gasteiger partial charge in [-0.05, 0) is 29.8 Å². The lowest BCUT2D eigenvalue weighted by molar-refractivity contribution is -0.440. The molecular formula is C14H13Cl2N. The van der Waals surface area contributed by atoms with Crippen LogP contribution in [-0.4, -0.2) is 17.3 Å². The van der Waals surface area contributed by atoms with Crippen molar-refractivity contribution in [1.82, 2.24) is 0 Å². The van der Waals surface area contributed by atoms with Gasteiger partial charge in [-0.2, -0.15) is 0 Å². The van der Waals surface area contributed by atoms with Gasteiger partial charge in [-0.15, -0.1) is 0 Å². The highest BCUT2D eigenvalue weighted by Crippen LogP contribution is 2.05. The standard InChI is InChI=1S/C14H13ClN.ClH/c15-9-8-13-4-6-14(7-5-13)12-16-10-2-1-3-11-16;/h1-10,12H,11H2;1H/q+1;/p-1. The molecule has 0 radical (unpaired) electrons. The Bertz CT molecular complexity index is 468. The van der Waals surface area contributed by atoms with E-state index in [2.05, 4.69) is 41.3 Å². The topological polar surface area (TPSA) is 3.01 Å². The molecule has 0 N–H and O–H groups in total. The van der Waals surface area contributed by atoms with Crippen LogP contribution in [0, 0.1) is 0 Å². The SMILES string of the molecule is ClC=Cc1ccc(C=[N+]2C=CC=CC2)cc1.[Cl-]. The highest BCUT2D eigenvalue weighted by Gasteiger charge is 2.00. The Balaban J connectivity index is 0.00000144. The maximum Gasteiger partial charge on any atom is 0.176 e. The number of hydrogen-bond acceptors (Lipinski definition) is 0. The minimum Gasteiger partial charge on any atom is -1.00 e. The van der Waals surface area contributed by atoms with Gasteiger partial charge in [0.1, 0.15) is 0 Å². The first-order valence-electron chi connectivity index (χ1n) is 5.19. The fourth-order valence-corrected chi connectivity index (χ4v) is 1.68. The van der Waals surface area contributed by atoms with Crippen LogP contribution in [0.25, 0.3) is 6.08 Å². The van der Waals surface area contributed by atoms with E-state index in [1.54, 1.807) is 0 Å². The molecule has 0 atom stereocenters. The summed E-state index contributed by atoms with van der Waals surface area (Å²) in [7, 11) is 0. The average Bonchev–Trinajstić information content (AvgIpc) is 2.33. The quantitative estimate of drug-likeness (QED) is 0.682. The zero-order chi connectivity index (χ0) is 11.2. The Labute approximate surface area is 113 Å². The van der Waals surface area contributed by atoms with Gasteiger partial charge in [0.25, 0.3) is 0 Å². The van der Waals surface area contributed by atoms with E-state index in [-0.39, 0.29) is 12.4 Å². The van der Waals surface area contributed by atoms with Crippen LogP contribution in [0.15, 0.2) is 54.2 Å². The zero-order valence-electron chi connectivity index (χ0n) is 9.26. The summed E-state index contributed by atoms with van der Waals surface area (Å²) < 4.78 is 2.15. The lowest BCUT2D eigenvalue weighted by Crippen LogP contribution is -3.00. The van der Waals surface area contributed by atoms with E-state index in [1.165, 1.54) is 11.1 Å². The molecule has 1 aliphatic rings. The van der Waals surface area contributed by atoms with Crippen LogP contribution in [0.2, 0.25) is 0 Å². The van der Waals surface area contributed by atoms with Gasteiger partial charge in [0.2, 0.25) is 0 Å². The van der Waals surface area contributed by atoms with E-state index < -0.39 is 0 Å². The summed E-state index contributed by atoms with van der Waals surface area (Å²) in [4.78, 5) is 0. The highest BCUT2D eigenvalue weighted by atomic mass is 35.5. The number of rotatable bonds is 2. The molecule has 0 bridgehead atoms. The summed E-state index contributed by atoms with van der Waals surface area (Å²) in [6, 6.07) is 8.26. The molecule has 0 saturated heterocycles. The molecular weight excluding hydrogens is 253 g/mol. The highest BCUT2D eigenvalue weighted by molar-refractivity contribution is 6.27. The lowest BCUT2D eigenvalue weighted by Gasteiger charge is -1.98. The van der Waals surface area contributed by atoms with Crippen molar-refractivity contribution in [3.63, 3.8) is 0 Å². The molecule has 17 heavy (non-hydrogen) atoms. The molecule has 0 fully saturated rings. The van der Waals surface area contributed by atoms with E-state index in [0.29, 0.717) is 0 Å². The van der Waals surface area contributed by atoms with Crippen molar-refractivity contribution < 1.29 is 17.0 Å². The van der Waals surface area contributed by atoms with Crippen LogP contribution in [0.4, 0.5) is 0 Å². The predicted octanol–water partition coefficient (Wildman–Crippen LogP) is 0.415. The molecule has 0 amide bonds. The minimum atomic E-state index is 0. The molecule has 1 heterocycles. The number of benzene rings is 1. The third-order valence-electron chi connectivity index (χ3n) is 2.35. The molecule has 88 valence electrons. The normalized spacial score (nSPS) is 16.4. The first-order valence-corrected chi connectivity index (χ1v) is 5.63. The Hall–Kier alpha value is -1.31. The minimum absolute atomic E-state index is 0. The second kappa shape index (κ2) is 7.10. The molecule has 0 spiro atoms. The van der Waals surface area contributed by atoms with Crippen molar-refractivity contribution in [2.24, 2.45) is 0 Å². The molecule has 0 saturated carbocycles. The van der Waals surface area contributed by atoms with Gasteiger partial charge >= 0.3 is 0 Å².